The Morgan fingerprint density at radius 2 is 1.48 bits per heavy atom. The van der Waals surface area contributed by atoms with Crippen molar-refractivity contribution < 1.29 is 19.1 Å². The number of esters is 1. The van der Waals surface area contributed by atoms with Crippen LogP contribution in [0.25, 0.3) is 0 Å². The van der Waals surface area contributed by atoms with Crippen molar-refractivity contribution in [2.75, 3.05) is 20.3 Å². The molecule has 1 amide bonds. The van der Waals surface area contributed by atoms with Gasteiger partial charge in [0.25, 0.3) is 0 Å². The summed E-state index contributed by atoms with van der Waals surface area (Å²) in [5, 5.41) is 0. The molecule has 1 atom stereocenters. The van der Waals surface area contributed by atoms with Crippen LogP contribution >= 0.6 is 0 Å². The Labute approximate surface area is 166 Å². The quantitative estimate of drug-likeness (QED) is 0.236. The third-order valence-corrected chi connectivity index (χ3v) is 4.52. The van der Waals surface area contributed by atoms with Gasteiger partial charge in [-0.25, -0.2) is 9.59 Å². The molecule has 156 valence electrons. The van der Waals surface area contributed by atoms with Crippen LogP contribution < -0.4 is 0 Å². The predicted molar refractivity (Wildman–Crippen MR) is 109 cm³/mol. The third kappa shape index (κ3) is 12.3. The lowest BCUT2D eigenvalue weighted by Crippen LogP contribution is -2.46. The molecule has 27 heavy (non-hydrogen) atoms. The summed E-state index contributed by atoms with van der Waals surface area (Å²) in [5.74, 6) is 4.90. The van der Waals surface area contributed by atoms with E-state index in [4.69, 9.17) is 9.47 Å². The molecule has 0 aliphatic carbocycles. The van der Waals surface area contributed by atoms with E-state index in [9.17, 15) is 9.59 Å². The maximum absolute atomic E-state index is 12.4. The zero-order valence-corrected chi connectivity index (χ0v) is 18.0. The smallest absolute Gasteiger partial charge is 0.411 e. The van der Waals surface area contributed by atoms with Gasteiger partial charge in [-0.3, -0.25) is 4.90 Å². The summed E-state index contributed by atoms with van der Waals surface area (Å²) >= 11 is 0. The Balaban J connectivity index is 4.08. The minimum absolute atomic E-state index is 0.0258. The molecule has 0 aromatic rings. The normalized spacial score (nSPS) is 11.5. The lowest BCUT2D eigenvalue weighted by atomic mass is 10.0. The summed E-state index contributed by atoms with van der Waals surface area (Å²) in [6.45, 7) is 8.12. The Hall–Kier alpha value is -1.70. The van der Waals surface area contributed by atoms with Gasteiger partial charge in [-0.2, -0.15) is 0 Å². The van der Waals surface area contributed by atoms with Crippen molar-refractivity contribution in [1.29, 1.82) is 0 Å². The van der Waals surface area contributed by atoms with Gasteiger partial charge >= 0.3 is 12.1 Å². The largest absolute Gasteiger partial charge is 0.464 e. The van der Waals surface area contributed by atoms with E-state index in [2.05, 4.69) is 18.8 Å². The van der Waals surface area contributed by atoms with E-state index < -0.39 is 12.1 Å². The summed E-state index contributed by atoms with van der Waals surface area (Å²) in [6, 6.07) is -0.648. The Bertz CT molecular complexity index is 465. The maximum Gasteiger partial charge on any atom is 0.411 e. The van der Waals surface area contributed by atoms with Crippen LogP contribution in [0, 0.1) is 17.8 Å². The Morgan fingerprint density at radius 3 is 2.00 bits per heavy atom. The van der Waals surface area contributed by atoms with E-state index in [1.54, 1.807) is 14.0 Å². The zero-order valence-electron chi connectivity index (χ0n) is 18.0. The highest BCUT2D eigenvalue weighted by Crippen LogP contribution is 2.14. The van der Waals surface area contributed by atoms with E-state index in [0.29, 0.717) is 6.61 Å². The molecule has 0 saturated carbocycles. The van der Waals surface area contributed by atoms with E-state index in [0.717, 1.165) is 12.8 Å². The lowest BCUT2D eigenvalue weighted by molar-refractivity contribution is -0.150. The predicted octanol–water partition coefficient (Wildman–Crippen LogP) is 5.18. The lowest BCUT2D eigenvalue weighted by Gasteiger charge is -2.28. The number of unbranched alkanes of at least 4 members (excludes halogenated alkanes) is 8. The fourth-order valence-electron chi connectivity index (χ4n) is 2.93. The number of likely N-dealkylation sites (N-methyl/N-ethyl adjacent to an activating group) is 1. The van der Waals surface area contributed by atoms with Crippen LogP contribution in [0.15, 0.2) is 0 Å². The van der Waals surface area contributed by atoms with Crippen molar-refractivity contribution in [3.05, 3.63) is 0 Å². The second-order valence-corrected chi connectivity index (χ2v) is 7.28. The second-order valence-electron chi connectivity index (χ2n) is 7.28. The van der Waals surface area contributed by atoms with Gasteiger partial charge in [0.2, 0.25) is 0 Å². The molecule has 5 nitrogen and oxygen atoms in total. The number of carbonyl (C=O) groups excluding carboxylic acids is 2. The topological polar surface area (TPSA) is 55.8 Å². The van der Waals surface area contributed by atoms with Crippen molar-refractivity contribution in [3.63, 3.8) is 0 Å². The zero-order chi connectivity index (χ0) is 20.5. The molecule has 0 rings (SSSR count). The standard InChI is InChI=1S/C22H39NO4/c1-6-8-10-11-12-13-14-15-16-18-26-21(24)20(19(3)4)23(5)22(25)27-17-9-7-2/h19-20H,6,8,10-18H2,1-5H3. The monoisotopic (exact) mass is 381 g/mol. The van der Waals surface area contributed by atoms with Gasteiger partial charge in [0.05, 0.1) is 6.61 Å². The van der Waals surface area contributed by atoms with Gasteiger partial charge in [-0.15, -0.1) is 5.92 Å². The summed E-state index contributed by atoms with van der Waals surface area (Å²) in [4.78, 5) is 25.7. The van der Waals surface area contributed by atoms with Crippen molar-refractivity contribution in [3.8, 4) is 11.8 Å². The highest BCUT2D eigenvalue weighted by Gasteiger charge is 2.31. The van der Waals surface area contributed by atoms with E-state index in [1.807, 2.05) is 13.8 Å². The number of amides is 1. The molecular weight excluding hydrogens is 342 g/mol. The number of rotatable bonds is 14. The highest BCUT2D eigenvalue weighted by molar-refractivity contribution is 5.81. The Kier molecular flexibility index (Phi) is 15.4. The first-order valence-electron chi connectivity index (χ1n) is 10.4. The molecule has 0 aromatic carbocycles. The molecule has 5 heteroatoms. The summed E-state index contributed by atoms with van der Waals surface area (Å²) < 4.78 is 10.4. The molecule has 0 spiro atoms. The molecule has 0 aliphatic rings. The van der Waals surface area contributed by atoms with Crippen LogP contribution in [0.4, 0.5) is 4.79 Å². The van der Waals surface area contributed by atoms with E-state index >= 15 is 0 Å². The molecule has 0 N–H and O–H groups in total. The molecule has 0 saturated heterocycles. The molecule has 0 heterocycles. The van der Waals surface area contributed by atoms with Crippen molar-refractivity contribution >= 4 is 12.1 Å². The molecule has 0 fully saturated rings. The van der Waals surface area contributed by atoms with Gasteiger partial charge < -0.3 is 9.47 Å². The van der Waals surface area contributed by atoms with Gasteiger partial charge in [-0.05, 0) is 19.3 Å². The summed E-state index contributed by atoms with van der Waals surface area (Å²) in [7, 11) is 1.56. The van der Waals surface area contributed by atoms with Gasteiger partial charge in [0.1, 0.15) is 6.04 Å². The minimum Gasteiger partial charge on any atom is -0.464 e. The first-order valence-corrected chi connectivity index (χ1v) is 10.4. The van der Waals surface area contributed by atoms with E-state index in [-0.39, 0.29) is 18.5 Å². The molecule has 0 bridgehead atoms. The average molecular weight is 382 g/mol. The maximum atomic E-state index is 12.4. The van der Waals surface area contributed by atoms with Gasteiger partial charge in [-0.1, -0.05) is 78.1 Å². The van der Waals surface area contributed by atoms with Gasteiger partial charge in [0, 0.05) is 7.05 Å². The summed E-state index contributed by atoms with van der Waals surface area (Å²) in [5.41, 5.74) is 0. The van der Waals surface area contributed by atoms with Crippen molar-refractivity contribution in [2.24, 2.45) is 5.92 Å². The third-order valence-electron chi connectivity index (χ3n) is 4.52. The van der Waals surface area contributed by atoms with Crippen molar-refractivity contribution in [2.45, 2.75) is 91.5 Å². The van der Waals surface area contributed by atoms with Crippen molar-refractivity contribution in [1.82, 2.24) is 4.90 Å². The molecule has 1 unspecified atom stereocenters. The number of hydrogen-bond donors (Lipinski definition) is 0. The fourth-order valence-corrected chi connectivity index (χ4v) is 2.93. The highest BCUT2D eigenvalue weighted by atomic mass is 16.6. The van der Waals surface area contributed by atoms with Crippen LogP contribution in [0.5, 0.6) is 0 Å². The fraction of sp³-hybridized carbons (Fsp3) is 0.818. The number of hydrogen-bond acceptors (Lipinski definition) is 4. The Morgan fingerprint density at radius 1 is 0.926 bits per heavy atom. The SMILES string of the molecule is CC#CCOC(=O)N(C)C(C(=O)OCCCCCCCCCCC)C(C)C. The second kappa shape index (κ2) is 16.5. The number of nitrogens with zero attached hydrogens (tertiary/aromatic N) is 1. The molecule has 0 aliphatic heterocycles. The minimum atomic E-state index is -0.648. The first kappa shape index (κ1) is 25.3. The van der Waals surface area contributed by atoms with Crippen LogP contribution in [-0.4, -0.2) is 43.3 Å². The molecular formula is C22H39NO4. The van der Waals surface area contributed by atoms with Crippen LogP contribution in [0.1, 0.15) is 85.5 Å². The summed E-state index contributed by atoms with van der Waals surface area (Å²) in [6.07, 6.45) is 10.4. The molecule has 0 radical (unpaired) electrons. The molecule has 0 aromatic heterocycles. The van der Waals surface area contributed by atoms with Crippen LogP contribution in [0.3, 0.4) is 0 Å². The van der Waals surface area contributed by atoms with Crippen LogP contribution in [-0.2, 0) is 14.3 Å². The average Bonchev–Trinajstić information content (AvgIpc) is 2.63. The number of carbonyl (C=O) groups is 2. The van der Waals surface area contributed by atoms with Gasteiger partial charge in [0.15, 0.2) is 6.61 Å². The number of ether oxygens (including phenoxy) is 2. The van der Waals surface area contributed by atoms with E-state index in [1.165, 1.54) is 49.8 Å². The first-order chi connectivity index (χ1) is 13.0. The van der Waals surface area contributed by atoms with Crippen LogP contribution in [0.2, 0.25) is 0 Å².